The van der Waals surface area contributed by atoms with Crippen molar-refractivity contribution < 1.29 is 27.5 Å². The van der Waals surface area contributed by atoms with Crippen LogP contribution in [0.25, 0.3) is 0 Å². The van der Waals surface area contributed by atoms with E-state index in [4.69, 9.17) is 4.74 Å². The van der Waals surface area contributed by atoms with E-state index in [-0.39, 0.29) is 18.1 Å². The fourth-order valence-corrected chi connectivity index (χ4v) is 3.33. The zero-order valence-electron chi connectivity index (χ0n) is 19.7. The maximum Gasteiger partial charge on any atom is 0.433 e. The number of amides is 2. The number of carbonyl (C=O) groups is 2. The smallest absolute Gasteiger partial charge is 0.433 e. The Hall–Kier alpha value is -4.74. The van der Waals surface area contributed by atoms with E-state index in [2.05, 4.69) is 25.7 Å². The number of benzene rings is 1. The van der Waals surface area contributed by atoms with Gasteiger partial charge in [-0.1, -0.05) is 12.1 Å². The molecule has 1 aromatic carbocycles. The highest BCUT2D eigenvalue weighted by atomic mass is 19.4. The number of aryl methyl sites for hydroxylation is 1. The number of hydrogen-bond donors (Lipinski definition) is 2. The monoisotopic (exact) mass is 510 g/mol. The molecular formula is C25H21F3N6O3. The molecule has 3 heterocycles. The van der Waals surface area contributed by atoms with E-state index < -0.39 is 23.7 Å². The Labute approximate surface area is 209 Å². The normalized spacial score (nSPS) is 11.2. The number of nitrogens with zero attached hydrogens (tertiary/aromatic N) is 4. The maximum absolute atomic E-state index is 12.7. The first kappa shape index (κ1) is 25.4. The van der Waals surface area contributed by atoms with Crippen LogP contribution in [0.4, 0.5) is 19.0 Å². The molecule has 4 rings (SSSR count). The molecule has 9 nitrogen and oxygen atoms in total. The fourth-order valence-electron chi connectivity index (χ4n) is 3.33. The van der Waals surface area contributed by atoms with Crippen LogP contribution in [0.3, 0.4) is 0 Å². The summed E-state index contributed by atoms with van der Waals surface area (Å²) in [6.07, 6.45) is -0.343. The van der Waals surface area contributed by atoms with Crippen molar-refractivity contribution in [2.24, 2.45) is 7.05 Å². The second-order valence-electron chi connectivity index (χ2n) is 7.97. The van der Waals surface area contributed by atoms with Gasteiger partial charge in [-0.15, -0.1) is 0 Å². The first-order valence-electron chi connectivity index (χ1n) is 10.9. The summed E-state index contributed by atoms with van der Waals surface area (Å²) < 4.78 is 45.5. The number of alkyl halides is 3. The van der Waals surface area contributed by atoms with Gasteiger partial charge in [-0.05, 0) is 42.8 Å². The van der Waals surface area contributed by atoms with E-state index >= 15 is 0 Å². The first-order chi connectivity index (χ1) is 17.6. The van der Waals surface area contributed by atoms with Gasteiger partial charge in [0.05, 0.1) is 0 Å². The van der Waals surface area contributed by atoms with E-state index in [1.165, 1.54) is 23.0 Å². The standard InChI is InChI=1S/C25H21F3N6O3/c1-15-18(23(35)31-14-16-6-7-21(30-13-16)25(26,27)28)4-3-5-20(15)37-17-8-10-29-22(12-17)32-24(36)19-9-11-34(2)33-19/h3-13H,14H2,1-2H3,(H,31,35)(H,29,32,36). The third-order valence-corrected chi connectivity index (χ3v) is 5.24. The molecular weight excluding hydrogens is 489 g/mol. The molecule has 0 fully saturated rings. The van der Waals surface area contributed by atoms with Crippen molar-refractivity contribution in [2.45, 2.75) is 19.6 Å². The van der Waals surface area contributed by atoms with Gasteiger partial charge in [-0.3, -0.25) is 19.3 Å². The summed E-state index contributed by atoms with van der Waals surface area (Å²) in [6, 6.07) is 11.8. The van der Waals surface area contributed by atoms with E-state index in [1.807, 2.05) is 0 Å². The summed E-state index contributed by atoms with van der Waals surface area (Å²) in [7, 11) is 1.70. The van der Waals surface area contributed by atoms with Crippen LogP contribution in [-0.2, 0) is 19.8 Å². The van der Waals surface area contributed by atoms with E-state index in [9.17, 15) is 22.8 Å². The average Bonchev–Trinajstić information content (AvgIpc) is 3.30. The van der Waals surface area contributed by atoms with Gasteiger partial charge in [0.25, 0.3) is 11.8 Å². The minimum atomic E-state index is -4.53. The van der Waals surface area contributed by atoms with Crippen molar-refractivity contribution in [3.05, 3.63) is 95.2 Å². The van der Waals surface area contributed by atoms with Gasteiger partial charge >= 0.3 is 6.18 Å². The second-order valence-corrected chi connectivity index (χ2v) is 7.97. The largest absolute Gasteiger partial charge is 0.457 e. The Morgan fingerprint density at radius 2 is 1.86 bits per heavy atom. The van der Waals surface area contributed by atoms with E-state index in [0.717, 1.165) is 12.3 Å². The summed E-state index contributed by atoms with van der Waals surface area (Å²) in [5, 5.41) is 9.36. The highest BCUT2D eigenvalue weighted by Gasteiger charge is 2.32. The van der Waals surface area contributed by atoms with Gasteiger partial charge in [0.15, 0.2) is 5.69 Å². The van der Waals surface area contributed by atoms with Gasteiger partial charge in [0.2, 0.25) is 0 Å². The molecule has 37 heavy (non-hydrogen) atoms. The molecule has 2 amide bonds. The van der Waals surface area contributed by atoms with Crippen LogP contribution >= 0.6 is 0 Å². The van der Waals surface area contributed by atoms with Gasteiger partial charge in [-0.2, -0.15) is 18.3 Å². The third kappa shape index (κ3) is 6.28. The van der Waals surface area contributed by atoms with Crippen LogP contribution in [0.2, 0.25) is 0 Å². The average molecular weight is 510 g/mol. The number of ether oxygens (including phenoxy) is 1. The predicted octanol–water partition coefficient (Wildman–Crippen LogP) is 4.51. The molecule has 0 spiro atoms. The van der Waals surface area contributed by atoms with E-state index in [1.54, 1.807) is 50.5 Å². The lowest BCUT2D eigenvalue weighted by molar-refractivity contribution is -0.141. The number of rotatable bonds is 7. The Morgan fingerprint density at radius 1 is 1.05 bits per heavy atom. The number of aromatic nitrogens is 4. The SMILES string of the molecule is Cc1c(Oc2ccnc(NC(=O)c3ccn(C)n3)c2)cccc1C(=O)NCc1ccc(C(F)(F)F)nc1. The van der Waals surface area contributed by atoms with Crippen LogP contribution < -0.4 is 15.4 Å². The minimum absolute atomic E-state index is 0.00181. The number of anilines is 1. The molecule has 0 saturated carbocycles. The molecule has 3 aromatic heterocycles. The van der Waals surface area contributed by atoms with Crippen molar-refractivity contribution >= 4 is 17.6 Å². The Bertz CT molecular complexity index is 1430. The van der Waals surface area contributed by atoms with Gasteiger partial charge in [-0.25, -0.2) is 4.98 Å². The number of hydrogen-bond acceptors (Lipinski definition) is 6. The molecule has 0 aliphatic carbocycles. The van der Waals surface area contributed by atoms with Crippen molar-refractivity contribution in [1.29, 1.82) is 0 Å². The summed E-state index contributed by atoms with van der Waals surface area (Å²) in [5.41, 5.74) is 0.524. The molecule has 0 radical (unpaired) electrons. The van der Waals surface area contributed by atoms with E-state index in [0.29, 0.717) is 28.2 Å². The molecule has 0 atom stereocenters. The third-order valence-electron chi connectivity index (χ3n) is 5.24. The molecule has 0 unspecified atom stereocenters. The minimum Gasteiger partial charge on any atom is -0.457 e. The van der Waals surface area contributed by atoms with Crippen molar-refractivity contribution in [2.75, 3.05) is 5.32 Å². The van der Waals surface area contributed by atoms with Crippen LogP contribution in [0.15, 0.2) is 67.1 Å². The lowest BCUT2D eigenvalue weighted by atomic mass is 10.1. The highest BCUT2D eigenvalue weighted by Crippen LogP contribution is 2.29. The molecule has 0 aliphatic rings. The van der Waals surface area contributed by atoms with Gasteiger partial charge in [0, 0.05) is 49.4 Å². The Kier molecular flexibility index (Phi) is 7.18. The second kappa shape index (κ2) is 10.5. The summed E-state index contributed by atoms with van der Waals surface area (Å²) in [4.78, 5) is 32.6. The highest BCUT2D eigenvalue weighted by molar-refractivity contribution is 6.02. The molecule has 2 N–H and O–H groups in total. The summed E-state index contributed by atoms with van der Waals surface area (Å²) in [6.45, 7) is 1.70. The van der Waals surface area contributed by atoms with Crippen LogP contribution in [0, 0.1) is 6.92 Å². The quantitative estimate of drug-likeness (QED) is 0.379. The fraction of sp³-hybridized carbons (Fsp3) is 0.160. The van der Waals surface area contributed by atoms with Crippen molar-refractivity contribution in [1.82, 2.24) is 25.1 Å². The summed E-state index contributed by atoms with van der Waals surface area (Å²) in [5.74, 6) is 0.175. The molecule has 12 heteroatoms. The number of halogens is 3. The van der Waals surface area contributed by atoms with Gasteiger partial charge in [0.1, 0.15) is 23.0 Å². The van der Waals surface area contributed by atoms with Crippen molar-refractivity contribution in [3.8, 4) is 11.5 Å². The Balaban J connectivity index is 1.42. The van der Waals surface area contributed by atoms with Crippen LogP contribution in [0.5, 0.6) is 11.5 Å². The summed E-state index contributed by atoms with van der Waals surface area (Å²) >= 11 is 0. The van der Waals surface area contributed by atoms with Crippen LogP contribution in [0.1, 0.15) is 37.7 Å². The topological polar surface area (TPSA) is 111 Å². The zero-order valence-corrected chi connectivity index (χ0v) is 19.7. The number of pyridine rings is 2. The molecule has 0 bridgehead atoms. The number of carbonyl (C=O) groups excluding carboxylic acids is 2. The lowest BCUT2D eigenvalue weighted by Crippen LogP contribution is -2.24. The first-order valence-corrected chi connectivity index (χ1v) is 10.9. The van der Waals surface area contributed by atoms with Crippen molar-refractivity contribution in [3.63, 3.8) is 0 Å². The Morgan fingerprint density at radius 3 is 2.54 bits per heavy atom. The lowest BCUT2D eigenvalue weighted by Gasteiger charge is -2.13. The molecule has 0 aliphatic heterocycles. The molecule has 0 saturated heterocycles. The van der Waals surface area contributed by atoms with Crippen LogP contribution in [-0.4, -0.2) is 31.6 Å². The maximum atomic E-state index is 12.7. The molecule has 190 valence electrons. The predicted molar refractivity (Wildman–Crippen MR) is 127 cm³/mol. The molecule has 4 aromatic rings. The van der Waals surface area contributed by atoms with Gasteiger partial charge < -0.3 is 15.4 Å². The zero-order chi connectivity index (χ0) is 26.6. The number of nitrogens with one attached hydrogen (secondary N) is 2.